The number of benzene rings is 2. The minimum Gasteiger partial charge on any atom is -0.490 e. The number of aliphatic hydroxyl groups is 1. The Balaban J connectivity index is 2.10. The van der Waals surface area contributed by atoms with Gasteiger partial charge in [-0.2, -0.15) is 0 Å². The number of aliphatic hydroxyl groups excluding tert-OH is 1. The molecule has 158 valence electrons. The molecule has 0 aliphatic heterocycles. The SMILES string of the molecule is COc1cc(Nc2cc(NCCCO)c([N+](=O)[O-])c3nonc23)c(C)cc1[N+](=O)[O-]. The Kier molecular flexibility index (Phi) is 5.92. The summed E-state index contributed by atoms with van der Waals surface area (Å²) in [5.41, 5.74) is 1.05. The maximum Gasteiger partial charge on any atom is 0.323 e. The van der Waals surface area contributed by atoms with Crippen molar-refractivity contribution in [1.82, 2.24) is 10.3 Å². The molecular formula is C17H18N6O7. The first-order chi connectivity index (χ1) is 14.4. The first-order valence-electron chi connectivity index (χ1n) is 8.75. The molecule has 0 aliphatic rings. The van der Waals surface area contributed by atoms with Crippen LogP contribution in [0.4, 0.5) is 28.4 Å². The second-order valence-corrected chi connectivity index (χ2v) is 6.26. The summed E-state index contributed by atoms with van der Waals surface area (Å²) in [6.45, 7) is 1.87. The van der Waals surface area contributed by atoms with E-state index in [2.05, 4.69) is 20.9 Å². The van der Waals surface area contributed by atoms with Crippen molar-refractivity contribution < 1.29 is 24.3 Å². The smallest absolute Gasteiger partial charge is 0.323 e. The van der Waals surface area contributed by atoms with Gasteiger partial charge in [-0.3, -0.25) is 20.2 Å². The number of nitro groups is 2. The lowest BCUT2D eigenvalue weighted by atomic mass is 10.1. The van der Waals surface area contributed by atoms with Gasteiger partial charge in [0, 0.05) is 31.0 Å². The van der Waals surface area contributed by atoms with Gasteiger partial charge >= 0.3 is 11.4 Å². The summed E-state index contributed by atoms with van der Waals surface area (Å²) in [7, 11) is 1.32. The van der Waals surface area contributed by atoms with Gasteiger partial charge in [-0.15, -0.1) is 0 Å². The van der Waals surface area contributed by atoms with E-state index in [-0.39, 0.29) is 47.0 Å². The Hall–Kier alpha value is -4.00. The Morgan fingerprint density at radius 2 is 1.83 bits per heavy atom. The molecule has 3 N–H and O–H groups in total. The molecule has 0 saturated heterocycles. The monoisotopic (exact) mass is 418 g/mol. The van der Waals surface area contributed by atoms with Crippen molar-refractivity contribution in [2.24, 2.45) is 0 Å². The van der Waals surface area contributed by atoms with Crippen LogP contribution in [0.1, 0.15) is 12.0 Å². The fourth-order valence-corrected chi connectivity index (χ4v) is 2.90. The molecule has 0 fully saturated rings. The topological polar surface area (TPSA) is 179 Å². The number of nitrogens with one attached hydrogen (secondary N) is 2. The standard InChI is InChI=1S/C17H18N6O7/c1-9-6-13(22(25)26)14(29-2)8-10(9)19-11-7-12(18-4-3-5-24)17(23(27)28)16-15(11)20-30-21-16/h6-8,18-19,24H,3-5H2,1-2H3. The maximum absolute atomic E-state index is 11.6. The van der Waals surface area contributed by atoms with Gasteiger partial charge in [-0.05, 0) is 35.3 Å². The van der Waals surface area contributed by atoms with E-state index >= 15 is 0 Å². The molecule has 1 heterocycles. The molecule has 0 spiro atoms. The predicted molar refractivity (Wildman–Crippen MR) is 106 cm³/mol. The van der Waals surface area contributed by atoms with Crippen molar-refractivity contribution in [2.45, 2.75) is 13.3 Å². The summed E-state index contributed by atoms with van der Waals surface area (Å²) >= 11 is 0. The van der Waals surface area contributed by atoms with Crippen LogP contribution in [0.2, 0.25) is 0 Å². The largest absolute Gasteiger partial charge is 0.490 e. The van der Waals surface area contributed by atoms with Crippen LogP contribution in [0, 0.1) is 27.2 Å². The molecule has 30 heavy (non-hydrogen) atoms. The number of hydrogen-bond donors (Lipinski definition) is 3. The Labute approximate surface area is 168 Å². The summed E-state index contributed by atoms with van der Waals surface area (Å²) in [5.74, 6) is 0.0471. The third kappa shape index (κ3) is 3.91. The molecule has 0 aliphatic carbocycles. The fraction of sp³-hybridized carbons (Fsp3) is 0.294. The zero-order valence-electron chi connectivity index (χ0n) is 16.0. The van der Waals surface area contributed by atoms with Crippen molar-refractivity contribution >= 4 is 39.5 Å². The third-order valence-electron chi connectivity index (χ3n) is 4.34. The first kappa shape index (κ1) is 20.7. The van der Waals surface area contributed by atoms with Gasteiger partial charge in [0.25, 0.3) is 0 Å². The van der Waals surface area contributed by atoms with E-state index < -0.39 is 9.85 Å². The Bertz CT molecular complexity index is 1110. The van der Waals surface area contributed by atoms with E-state index in [0.29, 0.717) is 23.4 Å². The lowest BCUT2D eigenvalue weighted by Gasteiger charge is -2.14. The highest BCUT2D eigenvalue weighted by Gasteiger charge is 2.26. The molecule has 0 atom stereocenters. The number of methoxy groups -OCH3 is 1. The van der Waals surface area contributed by atoms with Gasteiger partial charge in [-0.1, -0.05) is 0 Å². The van der Waals surface area contributed by atoms with E-state index in [4.69, 9.17) is 14.5 Å². The number of anilines is 3. The Morgan fingerprint density at radius 1 is 1.10 bits per heavy atom. The van der Waals surface area contributed by atoms with Crippen LogP contribution >= 0.6 is 0 Å². The Morgan fingerprint density at radius 3 is 2.47 bits per heavy atom. The van der Waals surface area contributed by atoms with E-state index in [1.165, 1.54) is 25.3 Å². The van der Waals surface area contributed by atoms with E-state index in [0.717, 1.165) is 0 Å². The summed E-state index contributed by atoms with van der Waals surface area (Å²) < 4.78 is 9.81. The van der Waals surface area contributed by atoms with Crippen molar-refractivity contribution in [3.63, 3.8) is 0 Å². The minimum atomic E-state index is -0.599. The second-order valence-electron chi connectivity index (χ2n) is 6.26. The van der Waals surface area contributed by atoms with Crippen LogP contribution in [0.5, 0.6) is 5.75 Å². The number of nitro benzene ring substituents is 2. The van der Waals surface area contributed by atoms with E-state index in [1.807, 2.05) is 0 Å². The molecular weight excluding hydrogens is 400 g/mol. The highest BCUT2D eigenvalue weighted by Crippen LogP contribution is 2.40. The van der Waals surface area contributed by atoms with E-state index in [1.54, 1.807) is 6.92 Å². The van der Waals surface area contributed by atoms with Gasteiger partial charge < -0.3 is 20.5 Å². The number of aromatic nitrogens is 2. The second kappa shape index (κ2) is 8.57. The lowest BCUT2D eigenvalue weighted by Crippen LogP contribution is -2.07. The number of aryl methyl sites for hydroxylation is 1. The average Bonchev–Trinajstić information content (AvgIpc) is 3.18. The van der Waals surface area contributed by atoms with Gasteiger partial charge in [0.1, 0.15) is 5.69 Å². The van der Waals surface area contributed by atoms with Crippen LogP contribution in [0.25, 0.3) is 11.0 Å². The number of ether oxygens (including phenoxy) is 1. The van der Waals surface area contributed by atoms with Gasteiger partial charge in [0.15, 0.2) is 11.3 Å². The summed E-state index contributed by atoms with van der Waals surface area (Å²) in [4.78, 5) is 21.6. The molecule has 0 radical (unpaired) electrons. The van der Waals surface area contributed by atoms with Crippen LogP contribution in [0.15, 0.2) is 22.8 Å². The molecule has 0 unspecified atom stereocenters. The van der Waals surface area contributed by atoms with Gasteiger partial charge in [0.2, 0.25) is 5.52 Å². The highest BCUT2D eigenvalue weighted by molar-refractivity contribution is 6.00. The highest BCUT2D eigenvalue weighted by atomic mass is 16.6. The van der Waals surface area contributed by atoms with Crippen molar-refractivity contribution in [3.8, 4) is 5.75 Å². The van der Waals surface area contributed by atoms with Crippen molar-refractivity contribution in [1.29, 1.82) is 0 Å². The first-order valence-corrected chi connectivity index (χ1v) is 8.75. The summed E-state index contributed by atoms with van der Waals surface area (Å²) in [6, 6.07) is 4.27. The number of fused-ring (bicyclic) bond motifs is 1. The quantitative estimate of drug-likeness (QED) is 0.264. The van der Waals surface area contributed by atoms with Gasteiger partial charge in [-0.25, -0.2) is 4.63 Å². The summed E-state index contributed by atoms with van der Waals surface area (Å²) in [6.07, 6.45) is 0.383. The fourth-order valence-electron chi connectivity index (χ4n) is 2.90. The number of nitrogens with zero attached hydrogens (tertiary/aromatic N) is 4. The molecule has 3 rings (SSSR count). The molecule has 1 aromatic heterocycles. The normalized spacial score (nSPS) is 10.8. The van der Waals surface area contributed by atoms with Crippen molar-refractivity contribution in [2.75, 3.05) is 30.9 Å². The molecule has 2 aromatic carbocycles. The lowest BCUT2D eigenvalue weighted by molar-refractivity contribution is -0.385. The van der Waals surface area contributed by atoms with Crippen LogP contribution in [0.3, 0.4) is 0 Å². The third-order valence-corrected chi connectivity index (χ3v) is 4.34. The van der Waals surface area contributed by atoms with E-state index in [9.17, 15) is 20.2 Å². The molecule has 3 aromatic rings. The van der Waals surface area contributed by atoms with Crippen LogP contribution in [-0.2, 0) is 0 Å². The van der Waals surface area contributed by atoms with Crippen LogP contribution in [-0.4, -0.2) is 45.5 Å². The zero-order valence-corrected chi connectivity index (χ0v) is 16.0. The molecule has 0 bridgehead atoms. The predicted octanol–water partition coefficient (Wildman–Crippen LogP) is 2.89. The zero-order chi connectivity index (χ0) is 21.8. The summed E-state index contributed by atoms with van der Waals surface area (Å²) in [5, 5.41) is 45.1. The molecule has 0 saturated carbocycles. The number of rotatable bonds is 9. The van der Waals surface area contributed by atoms with Crippen LogP contribution < -0.4 is 15.4 Å². The van der Waals surface area contributed by atoms with Crippen molar-refractivity contribution in [3.05, 3.63) is 44.0 Å². The average molecular weight is 418 g/mol. The molecule has 13 heteroatoms. The number of hydrogen-bond acceptors (Lipinski definition) is 11. The maximum atomic E-state index is 11.6. The molecule has 13 nitrogen and oxygen atoms in total. The van der Waals surface area contributed by atoms with Gasteiger partial charge in [0.05, 0.1) is 22.6 Å². The molecule has 0 amide bonds. The minimum absolute atomic E-state index is 0.0471.